The summed E-state index contributed by atoms with van der Waals surface area (Å²) in [6, 6.07) is -0.00234. The summed E-state index contributed by atoms with van der Waals surface area (Å²) in [5, 5.41) is 8.70. The quantitative estimate of drug-likeness (QED) is 0.781. The van der Waals surface area contributed by atoms with Gasteiger partial charge in [-0.2, -0.15) is 0 Å². The molecular weight excluding hydrogens is 264 g/mol. The van der Waals surface area contributed by atoms with Gasteiger partial charge in [-0.05, 0) is 7.05 Å². The first-order chi connectivity index (χ1) is 9.56. The number of carboxylic acids is 1. The number of rotatable bonds is 4. The van der Waals surface area contributed by atoms with Crippen LogP contribution in [0.15, 0.2) is 12.4 Å². The molecule has 0 aliphatic carbocycles. The molecule has 20 heavy (non-hydrogen) atoms. The lowest BCUT2D eigenvalue weighted by atomic mass is 10.3. The molecule has 1 aromatic heterocycles. The Morgan fingerprint density at radius 1 is 1.25 bits per heavy atom. The predicted molar refractivity (Wildman–Crippen MR) is 68.6 cm³/mol. The third kappa shape index (κ3) is 3.64. The van der Waals surface area contributed by atoms with Crippen molar-refractivity contribution in [3.05, 3.63) is 18.0 Å². The second-order valence-electron chi connectivity index (χ2n) is 4.53. The van der Waals surface area contributed by atoms with E-state index in [-0.39, 0.29) is 24.1 Å². The molecule has 0 aromatic carbocycles. The average Bonchev–Trinajstić information content (AvgIpc) is 2.46. The van der Waals surface area contributed by atoms with Gasteiger partial charge in [-0.3, -0.25) is 4.79 Å². The molecule has 0 spiro atoms. The van der Waals surface area contributed by atoms with Gasteiger partial charge >= 0.3 is 12.0 Å². The Morgan fingerprint density at radius 3 is 2.40 bits per heavy atom. The third-order valence-electron chi connectivity index (χ3n) is 3.06. The molecule has 8 nitrogen and oxygen atoms in total. The SMILES string of the molecule is CN1CCN(C(=O)COc2ncc(C(=O)O)cn2)CC1. The lowest BCUT2D eigenvalue weighted by Gasteiger charge is -2.32. The Labute approximate surface area is 116 Å². The molecule has 8 heteroatoms. The zero-order chi connectivity index (χ0) is 14.5. The van der Waals surface area contributed by atoms with Crippen LogP contribution in [-0.2, 0) is 4.79 Å². The van der Waals surface area contributed by atoms with Gasteiger partial charge in [0.1, 0.15) is 0 Å². The number of ether oxygens (including phenoxy) is 1. The van der Waals surface area contributed by atoms with Crippen LogP contribution in [0.3, 0.4) is 0 Å². The highest BCUT2D eigenvalue weighted by Crippen LogP contribution is 2.04. The molecule has 1 fully saturated rings. The number of hydrogen-bond acceptors (Lipinski definition) is 6. The number of carbonyl (C=O) groups is 2. The Balaban J connectivity index is 1.82. The molecule has 0 atom stereocenters. The zero-order valence-electron chi connectivity index (χ0n) is 11.2. The first-order valence-corrected chi connectivity index (χ1v) is 6.20. The van der Waals surface area contributed by atoms with E-state index in [0.29, 0.717) is 13.1 Å². The number of aromatic nitrogens is 2. The molecule has 1 N–H and O–H groups in total. The lowest BCUT2D eigenvalue weighted by Crippen LogP contribution is -2.48. The van der Waals surface area contributed by atoms with E-state index >= 15 is 0 Å². The van der Waals surface area contributed by atoms with Crippen LogP contribution in [0.2, 0.25) is 0 Å². The number of aromatic carboxylic acids is 1. The first kappa shape index (κ1) is 14.2. The van der Waals surface area contributed by atoms with Crippen LogP contribution in [0.5, 0.6) is 6.01 Å². The van der Waals surface area contributed by atoms with Gasteiger partial charge in [-0.15, -0.1) is 0 Å². The fraction of sp³-hybridized carbons (Fsp3) is 0.500. The standard InChI is InChI=1S/C12H16N4O4/c1-15-2-4-16(5-3-15)10(17)8-20-12-13-6-9(7-14-12)11(18)19/h6-7H,2-5,8H2,1H3,(H,18,19). The molecule has 0 radical (unpaired) electrons. The van der Waals surface area contributed by atoms with Gasteiger partial charge in [0.25, 0.3) is 5.91 Å². The monoisotopic (exact) mass is 280 g/mol. The number of carboxylic acid groups (broad SMARTS) is 1. The van der Waals surface area contributed by atoms with Crippen molar-refractivity contribution in [2.75, 3.05) is 39.8 Å². The molecule has 1 aliphatic rings. The summed E-state index contributed by atoms with van der Waals surface area (Å²) in [5.74, 6) is -1.23. The average molecular weight is 280 g/mol. The van der Waals surface area contributed by atoms with Crippen molar-refractivity contribution in [2.24, 2.45) is 0 Å². The molecule has 1 amide bonds. The Kier molecular flexibility index (Phi) is 4.46. The third-order valence-corrected chi connectivity index (χ3v) is 3.06. The summed E-state index contributed by atoms with van der Waals surface area (Å²) in [7, 11) is 2.01. The van der Waals surface area contributed by atoms with Crippen LogP contribution in [0, 0.1) is 0 Å². The van der Waals surface area contributed by atoms with Crippen LogP contribution in [0.1, 0.15) is 10.4 Å². The minimum absolute atomic E-state index is 0.00234. The summed E-state index contributed by atoms with van der Waals surface area (Å²) < 4.78 is 5.16. The van der Waals surface area contributed by atoms with E-state index < -0.39 is 5.97 Å². The van der Waals surface area contributed by atoms with Crippen LogP contribution < -0.4 is 4.74 Å². The van der Waals surface area contributed by atoms with Crippen molar-refractivity contribution >= 4 is 11.9 Å². The molecule has 1 saturated heterocycles. The van der Waals surface area contributed by atoms with E-state index in [4.69, 9.17) is 9.84 Å². The predicted octanol–water partition coefficient (Wildman–Crippen LogP) is -0.672. The maximum absolute atomic E-state index is 11.9. The van der Waals surface area contributed by atoms with E-state index in [0.717, 1.165) is 25.5 Å². The fourth-order valence-electron chi connectivity index (χ4n) is 1.77. The molecule has 0 saturated carbocycles. The van der Waals surface area contributed by atoms with Crippen LogP contribution in [0.4, 0.5) is 0 Å². The Morgan fingerprint density at radius 2 is 1.85 bits per heavy atom. The van der Waals surface area contributed by atoms with Crippen LogP contribution in [0.25, 0.3) is 0 Å². The van der Waals surface area contributed by atoms with Crippen molar-refractivity contribution < 1.29 is 19.4 Å². The minimum atomic E-state index is -1.11. The molecule has 0 bridgehead atoms. The lowest BCUT2D eigenvalue weighted by molar-refractivity contribution is -0.135. The van der Waals surface area contributed by atoms with E-state index in [2.05, 4.69) is 14.9 Å². The highest BCUT2D eigenvalue weighted by atomic mass is 16.5. The van der Waals surface area contributed by atoms with Crippen LogP contribution >= 0.6 is 0 Å². The van der Waals surface area contributed by atoms with Crippen LogP contribution in [-0.4, -0.2) is 76.6 Å². The molecule has 1 aliphatic heterocycles. The number of hydrogen-bond donors (Lipinski definition) is 1. The number of likely N-dealkylation sites (N-methyl/N-ethyl adjacent to an activating group) is 1. The van der Waals surface area contributed by atoms with Crippen molar-refractivity contribution in [2.45, 2.75) is 0 Å². The second kappa shape index (κ2) is 6.29. The summed E-state index contributed by atoms with van der Waals surface area (Å²) in [6.45, 7) is 2.90. The summed E-state index contributed by atoms with van der Waals surface area (Å²) in [4.78, 5) is 33.9. The van der Waals surface area contributed by atoms with Gasteiger partial charge in [0.15, 0.2) is 6.61 Å². The Bertz CT molecular complexity index is 483. The maximum atomic E-state index is 11.9. The van der Waals surface area contributed by atoms with E-state index in [9.17, 15) is 9.59 Å². The van der Waals surface area contributed by atoms with E-state index in [1.807, 2.05) is 7.05 Å². The highest BCUT2D eigenvalue weighted by Gasteiger charge is 2.19. The van der Waals surface area contributed by atoms with Gasteiger partial charge in [-0.25, -0.2) is 14.8 Å². The maximum Gasteiger partial charge on any atom is 0.338 e. The van der Waals surface area contributed by atoms with Gasteiger partial charge in [0.05, 0.1) is 5.56 Å². The number of piperazine rings is 1. The van der Waals surface area contributed by atoms with Gasteiger partial charge in [0.2, 0.25) is 0 Å². The molecule has 2 heterocycles. The largest absolute Gasteiger partial charge is 0.478 e. The van der Waals surface area contributed by atoms with Crippen molar-refractivity contribution in [3.8, 4) is 6.01 Å². The van der Waals surface area contributed by atoms with E-state index in [1.54, 1.807) is 4.90 Å². The normalized spacial score (nSPS) is 15.9. The van der Waals surface area contributed by atoms with Gasteiger partial charge < -0.3 is 19.6 Å². The molecule has 0 unspecified atom stereocenters. The van der Waals surface area contributed by atoms with Crippen molar-refractivity contribution in [3.63, 3.8) is 0 Å². The van der Waals surface area contributed by atoms with Gasteiger partial charge in [0, 0.05) is 38.6 Å². The summed E-state index contributed by atoms with van der Waals surface area (Å²) in [5.41, 5.74) is -0.0252. The minimum Gasteiger partial charge on any atom is -0.478 e. The van der Waals surface area contributed by atoms with Crippen molar-refractivity contribution in [1.82, 2.24) is 19.8 Å². The summed E-state index contributed by atoms with van der Waals surface area (Å²) >= 11 is 0. The molecule has 108 valence electrons. The number of nitrogens with zero attached hydrogens (tertiary/aromatic N) is 4. The zero-order valence-corrected chi connectivity index (χ0v) is 11.2. The number of carbonyl (C=O) groups excluding carboxylic acids is 1. The van der Waals surface area contributed by atoms with Crippen molar-refractivity contribution in [1.29, 1.82) is 0 Å². The Hall–Kier alpha value is -2.22. The van der Waals surface area contributed by atoms with E-state index in [1.165, 1.54) is 0 Å². The van der Waals surface area contributed by atoms with Gasteiger partial charge in [-0.1, -0.05) is 0 Å². The highest BCUT2D eigenvalue weighted by molar-refractivity contribution is 5.86. The number of amides is 1. The fourth-order valence-corrected chi connectivity index (χ4v) is 1.77. The second-order valence-corrected chi connectivity index (χ2v) is 4.53. The molecule has 2 rings (SSSR count). The smallest absolute Gasteiger partial charge is 0.338 e. The first-order valence-electron chi connectivity index (χ1n) is 6.20. The molecule has 1 aromatic rings. The topological polar surface area (TPSA) is 95.9 Å². The molecular formula is C12H16N4O4. The summed E-state index contributed by atoms with van der Waals surface area (Å²) in [6.07, 6.45) is 2.29.